The van der Waals surface area contributed by atoms with E-state index < -0.39 is 0 Å². The first-order valence-electron chi connectivity index (χ1n) is 9.21. The van der Waals surface area contributed by atoms with Crippen molar-refractivity contribution in [3.63, 3.8) is 0 Å². The highest BCUT2D eigenvalue weighted by molar-refractivity contribution is 5.36. The van der Waals surface area contributed by atoms with E-state index in [1.54, 1.807) is 17.0 Å². The standard InChI is InChI=1S/C18H28N6O/c1-3-22-14-9-19-17(18(22)25)23-11-6-16(7-12-23)21-15(2)5-13-24-10-4-8-20-24/h4,8-10,14-16,21H,3,5-7,11-13H2,1-2H3/t15-/m1/s1. The number of aryl methyl sites for hydroxylation is 2. The number of rotatable bonds is 7. The monoisotopic (exact) mass is 344 g/mol. The Balaban J connectivity index is 1.48. The third kappa shape index (κ3) is 4.48. The zero-order valence-corrected chi connectivity index (χ0v) is 15.1. The molecule has 2 aromatic rings. The fourth-order valence-corrected chi connectivity index (χ4v) is 3.40. The summed E-state index contributed by atoms with van der Waals surface area (Å²) < 4.78 is 3.69. The first-order chi connectivity index (χ1) is 12.2. The Morgan fingerprint density at radius 3 is 2.76 bits per heavy atom. The maximum atomic E-state index is 12.4. The van der Waals surface area contributed by atoms with Crippen molar-refractivity contribution in [1.29, 1.82) is 0 Å². The second-order valence-corrected chi connectivity index (χ2v) is 6.73. The molecular formula is C18H28N6O. The largest absolute Gasteiger partial charge is 0.352 e. The second-order valence-electron chi connectivity index (χ2n) is 6.73. The minimum atomic E-state index is 0.0176. The van der Waals surface area contributed by atoms with Crippen LogP contribution < -0.4 is 15.8 Å². The van der Waals surface area contributed by atoms with Crippen LogP contribution in [0, 0.1) is 0 Å². The molecule has 1 aliphatic rings. The van der Waals surface area contributed by atoms with Crippen LogP contribution in [-0.2, 0) is 13.1 Å². The zero-order valence-electron chi connectivity index (χ0n) is 15.1. The number of nitrogens with zero attached hydrogens (tertiary/aromatic N) is 5. The van der Waals surface area contributed by atoms with Gasteiger partial charge >= 0.3 is 0 Å². The summed E-state index contributed by atoms with van der Waals surface area (Å²) in [5.74, 6) is 0.592. The Morgan fingerprint density at radius 2 is 2.08 bits per heavy atom. The molecule has 1 atom stereocenters. The Morgan fingerprint density at radius 1 is 1.28 bits per heavy atom. The molecule has 2 aromatic heterocycles. The Labute approximate surface area is 148 Å². The number of piperidine rings is 1. The molecule has 136 valence electrons. The molecule has 25 heavy (non-hydrogen) atoms. The molecule has 0 radical (unpaired) electrons. The van der Waals surface area contributed by atoms with Gasteiger partial charge in [0, 0.05) is 63.1 Å². The van der Waals surface area contributed by atoms with Crippen LogP contribution in [0.4, 0.5) is 5.82 Å². The van der Waals surface area contributed by atoms with E-state index in [2.05, 4.69) is 27.2 Å². The van der Waals surface area contributed by atoms with Gasteiger partial charge in [-0.15, -0.1) is 0 Å². The fraction of sp³-hybridized carbons (Fsp3) is 0.611. The van der Waals surface area contributed by atoms with E-state index in [1.807, 2.05) is 30.1 Å². The molecule has 0 bridgehead atoms. The highest BCUT2D eigenvalue weighted by Crippen LogP contribution is 2.15. The van der Waals surface area contributed by atoms with Gasteiger partial charge in [-0.3, -0.25) is 9.48 Å². The number of nitrogens with one attached hydrogen (secondary N) is 1. The van der Waals surface area contributed by atoms with Gasteiger partial charge in [-0.05, 0) is 39.2 Å². The predicted octanol–water partition coefficient (Wildman–Crippen LogP) is 1.50. The van der Waals surface area contributed by atoms with Crippen LogP contribution in [0.3, 0.4) is 0 Å². The Hall–Kier alpha value is -2.15. The first-order valence-corrected chi connectivity index (χ1v) is 9.21. The number of hydrogen-bond acceptors (Lipinski definition) is 5. The molecule has 3 heterocycles. The lowest BCUT2D eigenvalue weighted by molar-refractivity contribution is 0.353. The maximum Gasteiger partial charge on any atom is 0.293 e. The lowest BCUT2D eigenvalue weighted by atomic mass is 10.0. The van der Waals surface area contributed by atoms with Gasteiger partial charge in [0.1, 0.15) is 0 Å². The molecular weight excluding hydrogens is 316 g/mol. The molecule has 0 amide bonds. The molecule has 0 saturated carbocycles. The van der Waals surface area contributed by atoms with Gasteiger partial charge in [-0.25, -0.2) is 4.98 Å². The van der Waals surface area contributed by atoms with Gasteiger partial charge in [0.15, 0.2) is 5.82 Å². The summed E-state index contributed by atoms with van der Waals surface area (Å²) in [7, 11) is 0. The van der Waals surface area contributed by atoms with Crippen molar-refractivity contribution in [1.82, 2.24) is 24.6 Å². The van der Waals surface area contributed by atoms with Gasteiger partial charge < -0.3 is 14.8 Å². The van der Waals surface area contributed by atoms with Crippen molar-refractivity contribution >= 4 is 5.82 Å². The molecule has 7 nitrogen and oxygen atoms in total. The molecule has 0 unspecified atom stereocenters. The van der Waals surface area contributed by atoms with Gasteiger partial charge in [0.05, 0.1) is 0 Å². The molecule has 3 rings (SSSR count). The van der Waals surface area contributed by atoms with Crippen molar-refractivity contribution < 1.29 is 0 Å². The quantitative estimate of drug-likeness (QED) is 0.824. The molecule has 1 fully saturated rings. The topological polar surface area (TPSA) is 68.0 Å². The van der Waals surface area contributed by atoms with E-state index in [0.717, 1.165) is 38.9 Å². The van der Waals surface area contributed by atoms with Crippen LogP contribution >= 0.6 is 0 Å². The normalized spacial score (nSPS) is 17.0. The Bertz CT molecular complexity index is 703. The van der Waals surface area contributed by atoms with Gasteiger partial charge in [0.2, 0.25) is 0 Å². The highest BCUT2D eigenvalue weighted by Gasteiger charge is 2.23. The molecule has 0 aliphatic carbocycles. The molecule has 7 heteroatoms. The van der Waals surface area contributed by atoms with E-state index in [-0.39, 0.29) is 5.56 Å². The van der Waals surface area contributed by atoms with Gasteiger partial charge in [0.25, 0.3) is 5.56 Å². The fourth-order valence-electron chi connectivity index (χ4n) is 3.40. The van der Waals surface area contributed by atoms with Crippen LogP contribution in [0.2, 0.25) is 0 Å². The average molecular weight is 344 g/mol. The van der Waals surface area contributed by atoms with Crippen molar-refractivity contribution in [2.75, 3.05) is 18.0 Å². The van der Waals surface area contributed by atoms with E-state index in [4.69, 9.17) is 0 Å². The average Bonchev–Trinajstić information content (AvgIpc) is 3.15. The summed E-state index contributed by atoms with van der Waals surface area (Å²) in [6.07, 6.45) is 10.4. The third-order valence-corrected chi connectivity index (χ3v) is 4.90. The summed E-state index contributed by atoms with van der Waals surface area (Å²) in [6, 6.07) is 2.91. The van der Waals surface area contributed by atoms with Crippen molar-refractivity contribution in [3.05, 3.63) is 41.2 Å². The lowest BCUT2D eigenvalue weighted by Crippen LogP contribution is -2.47. The minimum Gasteiger partial charge on any atom is -0.352 e. The van der Waals surface area contributed by atoms with Gasteiger partial charge in [-0.2, -0.15) is 5.10 Å². The van der Waals surface area contributed by atoms with E-state index in [9.17, 15) is 4.79 Å². The van der Waals surface area contributed by atoms with E-state index >= 15 is 0 Å². The van der Waals surface area contributed by atoms with Crippen LogP contribution in [0.5, 0.6) is 0 Å². The minimum absolute atomic E-state index is 0.0176. The summed E-state index contributed by atoms with van der Waals surface area (Å²) >= 11 is 0. The van der Waals surface area contributed by atoms with Crippen LogP contribution in [-0.4, -0.2) is 44.5 Å². The van der Waals surface area contributed by atoms with Crippen molar-refractivity contribution in [2.24, 2.45) is 0 Å². The summed E-state index contributed by atoms with van der Waals surface area (Å²) in [5, 5.41) is 7.96. The number of aromatic nitrogens is 4. The molecule has 1 saturated heterocycles. The molecule has 1 N–H and O–H groups in total. The SMILES string of the molecule is CCn1ccnc(N2CCC(N[C@H](C)CCn3cccn3)CC2)c1=O. The summed E-state index contributed by atoms with van der Waals surface area (Å²) in [4.78, 5) is 18.8. The second kappa shape index (κ2) is 8.29. The highest BCUT2D eigenvalue weighted by atomic mass is 16.1. The Kier molecular flexibility index (Phi) is 5.86. The lowest BCUT2D eigenvalue weighted by Gasteiger charge is -2.34. The molecule has 1 aliphatic heterocycles. The van der Waals surface area contributed by atoms with Crippen molar-refractivity contribution in [2.45, 2.75) is 58.3 Å². The third-order valence-electron chi connectivity index (χ3n) is 4.90. The van der Waals surface area contributed by atoms with Crippen molar-refractivity contribution in [3.8, 4) is 0 Å². The predicted molar refractivity (Wildman–Crippen MR) is 98.8 cm³/mol. The van der Waals surface area contributed by atoms with E-state index in [0.29, 0.717) is 24.4 Å². The van der Waals surface area contributed by atoms with E-state index in [1.165, 1.54) is 0 Å². The molecule has 0 spiro atoms. The number of hydrogen-bond donors (Lipinski definition) is 1. The van der Waals surface area contributed by atoms with Crippen LogP contribution in [0.15, 0.2) is 35.6 Å². The first kappa shape index (κ1) is 17.7. The summed E-state index contributed by atoms with van der Waals surface area (Å²) in [6.45, 7) is 7.57. The van der Waals surface area contributed by atoms with Crippen LogP contribution in [0.25, 0.3) is 0 Å². The zero-order chi connectivity index (χ0) is 17.6. The summed E-state index contributed by atoms with van der Waals surface area (Å²) in [5.41, 5.74) is 0.0176. The molecule has 0 aromatic carbocycles. The smallest absolute Gasteiger partial charge is 0.293 e. The number of anilines is 1. The van der Waals surface area contributed by atoms with Gasteiger partial charge in [-0.1, -0.05) is 0 Å². The van der Waals surface area contributed by atoms with Crippen LogP contribution in [0.1, 0.15) is 33.1 Å². The maximum absolute atomic E-state index is 12.4.